The first-order valence-corrected chi connectivity index (χ1v) is 7.46. The molecule has 2 saturated carbocycles. The van der Waals surface area contributed by atoms with Gasteiger partial charge in [-0.25, -0.2) is 4.39 Å². The molecule has 0 saturated heterocycles. The van der Waals surface area contributed by atoms with Gasteiger partial charge in [-0.3, -0.25) is 20.4 Å². The molecule has 2 aliphatic carbocycles. The van der Waals surface area contributed by atoms with E-state index < -0.39 is 11.7 Å². The average molecular weight is 290 g/mol. The molecule has 3 atom stereocenters. The summed E-state index contributed by atoms with van der Waals surface area (Å²) in [6, 6.07) is 5.19. The van der Waals surface area contributed by atoms with Crippen LogP contribution in [0.2, 0.25) is 0 Å². The summed E-state index contributed by atoms with van der Waals surface area (Å²) in [4.78, 5) is 23.7. The van der Waals surface area contributed by atoms with Crippen LogP contribution in [0.25, 0.3) is 0 Å². The number of hydrogen-bond donors (Lipinski definition) is 2. The van der Waals surface area contributed by atoms with E-state index in [1.165, 1.54) is 43.5 Å². The van der Waals surface area contributed by atoms with Crippen LogP contribution in [-0.2, 0) is 4.79 Å². The summed E-state index contributed by atoms with van der Waals surface area (Å²) >= 11 is 0. The van der Waals surface area contributed by atoms with Crippen molar-refractivity contribution in [1.29, 1.82) is 0 Å². The van der Waals surface area contributed by atoms with Crippen LogP contribution in [-0.4, -0.2) is 11.8 Å². The highest BCUT2D eigenvalue weighted by Gasteiger charge is 2.40. The number of amides is 2. The number of carbonyl (C=O) groups excluding carboxylic acids is 2. The second kappa shape index (κ2) is 5.84. The van der Waals surface area contributed by atoms with Gasteiger partial charge in [0.25, 0.3) is 5.91 Å². The highest BCUT2D eigenvalue weighted by Crippen LogP contribution is 2.49. The lowest BCUT2D eigenvalue weighted by atomic mass is 9.86. The Morgan fingerprint density at radius 1 is 1.10 bits per heavy atom. The van der Waals surface area contributed by atoms with E-state index in [9.17, 15) is 14.0 Å². The second-order valence-electron chi connectivity index (χ2n) is 6.15. The van der Waals surface area contributed by atoms with E-state index in [4.69, 9.17) is 0 Å². The van der Waals surface area contributed by atoms with E-state index in [0.717, 1.165) is 12.3 Å². The van der Waals surface area contributed by atoms with Crippen LogP contribution in [0.1, 0.15) is 42.5 Å². The summed E-state index contributed by atoms with van der Waals surface area (Å²) in [5.74, 6) is 0.979. The molecule has 2 fully saturated rings. The highest BCUT2D eigenvalue weighted by atomic mass is 19.1. The summed E-state index contributed by atoms with van der Waals surface area (Å²) in [5.41, 5.74) is 5.14. The topological polar surface area (TPSA) is 58.2 Å². The minimum Gasteiger partial charge on any atom is -0.273 e. The van der Waals surface area contributed by atoms with Crippen LogP contribution in [0.3, 0.4) is 0 Å². The highest BCUT2D eigenvalue weighted by molar-refractivity contribution is 5.95. The third kappa shape index (κ3) is 3.23. The lowest BCUT2D eigenvalue weighted by Crippen LogP contribution is -2.42. The van der Waals surface area contributed by atoms with Crippen molar-refractivity contribution in [2.75, 3.05) is 0 Å². The van der Waals surface area contributed by atoms with Crippen LogP contribution < -0.4 is 10.9 Å². The molecule has 5 heteroatoms. The SMILES string of the molecule is O=C(C[C@H]1C[C@@H]2CC[C@@H]1C2)NNC(=O)c1ccc(F)cc1. The van der Waals surface area contributed by atoms with Gasteiger partial charge in [-0.1, -0.05) is 6.42 Å². The van der Waals surface area contributed by atoms with Crippen LogP contribution in [0.5, 0.6) is 0 Å². The first-order chi connectivity index (χ1) is 10.1. The summed E-state index contributed by atoms with van der Waals surface area (Å²) < 4.78 is 12.8. The summed E-state index contributed by atoms with van der Waals surface area (Å²) in [6.07, 6.45) is 5.43. The molecule has 112 valence electrons. The van der Waals surface area contributed by atoms with Crippen LogP contribution in [0.4, 0.5) is 4.39 Å². The van der Waals surface area contributed by atoms with Gasteiger partial charge in [0.05, 0.1) is 0 Å². The first kappa shape index (κ1) is 14.0. The minimum absolute atomic E-state index is 0.150. The molecule has 4 nitrogen and oxygen atoms in total. The molecule has 21 heavy (non-hydrogen) atoms. The molecule has 1 aromatic rings. The van der Waals surface area contributed by atoms with E-state index in [1.807, 2.05) is 0 Å². The van der Waals surface area contributed by atoms with Crippen LogP contribution >= 0.6 is 0 Å². The fourth-order valence-corrected chi connectivity index (χ4v) is 3.72. The monoisotopic (exact) mass is 290 g/mol. The molecule has 0 radical (unpaired) electrons. The quantitative estimate of drug-likeness (QED) is 0.840. The Morgan fingerprint density at radius 2 is 1.86 bits per heavy atom. The van der Waals surface area contributed by atoms with Crippen molar-refractivity contribution < 1.29 is 14.0 Å². The van der Waals surface area contributed by atoms with Crippen molar-refractivity contribution in [2.45, 2.75) is 32.1 Å². The number of rotatable bonds is 3. The number of hydrazine groups is 1. The molecule has 0 heterocycles. The van der Waals surface area contributed by atoms with Gasteiger partial charge < -0.3 is 0 Å². The maximum Gasteiger partial charge on any atom is 0.269 e. The van der Waals surface area contributed by atoms with Gasteiger partial charge in [0.15, 0.2) is 0 Å². The molecule has 2 bridgehead atoms. The van der Waals surface area contributed by atoms with Crippen molar-refractivity contribution >= 4 is 11.8 Å². The number of carbonyl (C=O) groups is 2. The van der Waals surface area contributed by atoms with Crippen LogP contribution in [0.15, 0.2) is 24.3 Å². The molecule has 2 N–H and O–H groups in total. The van der Waals surface area contributed by atoms with Crippen LogP contribution in [0, 0.1) is 23.6 Å². The van der Waals surface area contributed by atoms with Crippen molar-refractivity contribution in [2.24, 2.45) is 17.8 Å². The van der Waals surface area contributed by atoms with Gasteiger partial charge >= 0.3 is 0 Å². The van der Waals surface area contributed by atoms with Gasteiger partial charge in [0.2, 0.25) is 5.91 Å². The predicted octanol–water partition coefficient (Wildman–Crippen LogP) is 2.41. The Kier molecular flexibility index (Phi) is 3.90. The first-order valence-electron chi connectivity index (χ1n) is 7.46. The van der Waals surface area contributed by atoms with Crippen molar-refractivity contribution in [3.05, 3.63) is 35.6 Å². The molecule has 1 aromatic carbocycles. The molecule has 0 aliphatic heterocycles. The standard InChI is InChI=1S/C16H19FN2O2/c17-14-5-3-11(4-6-14)16(21)19-18-15(20)9-13-8-10-1-2-12(13)7-10/h3-6,10,12-13H,1-2,7-9H2,(H,18,20)(H,19,21)/t10-,12-,13-/m1/s1. The molecular formula is C16H19FN2O2. The molecule has 2 amide bonds. The smallest absolute Gasteiger partial charge is 0.269 e. The maximum atomic E-state index is 12.8. The van der Waals surface area contributed by atoms with Gasteiger partial charge in [-0.15, -0.1) is 0 Å². The largest absolute Gasteiger partial charge is 0.273 e. The second-order valence-corrected chi connectivity index (χ2v) is 6.15. The zero-order valence-electron chi connectivity index (χ0n) is 11.8. The summed E-state index contributed by atoms with van der Waals surface area (Å²) in [5, 5.41) is 0. The number of halogens is 1. The number of benzene rings is 1. The number of hydrogen-bond acceptors (Lipinski definition) is 2. The van der Waals surface area contributed by atoms with Crippen molar-refractivity contribution in [3.8, 4) is 0 Å². The van der Waals surface area contributed by atoms with Gasteiger partial charge in [0.1, 0.15) is 5.82 Å². The normalized spacial score (nSPS) is 26.6. The minimum atomic E-state index is -0.434. The molecule has 2 aliphatic rings. The van der Waals surface area contributed by atoms with E-state index in [-0.39, 0.29) is 5.91 Å². The van der Waals surface area contributed by atoms with Gasteiger partial charge in [0, 0.05) is 12.0 Å². The van der Waals surface area contributed by atoms with E-state index in [2.05, 4.69) is 10.9 Å². The van der Waals surface area contributed by atoms with E-state index >= 15 is 0 Å². The molecule has 0 aromatic heterocycles. The predicted molar refractivity (Wildman–Crippen MR) is 75.6 cm³/mol. The molecule has 0 unspecified atom stereocenters. The molecular weight excluding hydrogens is 271 g/mol. The van der Waals surface area contributed by atoms with Gasteiger partial charge in [-0.2, -0.15) is 0 Å². The third-order valence-electron chi connectivity index (χ3n) is 4.75. The van der Waals surface area contributed by atoms with E-state index in [1.54, 1.807) is 0 Å². The molecule has 3 rings (SSSR count). The van der Waals surface area contributed by atoms with Crippen molar-refractivity contribution in [1.82, 2.24) is 10.9 Å². The number of nitrogens with one attached hydrogen (secondary N) is 2. The number of fused-ring (bicyclic) bond motifs is 2. The average Bonchev–Trinajstić information content (AvgIpc) is 3.08. The van der Waals surface area contributed by atoms with Crippen molar-refractivity contribution in [3.63, 3.8) is 0 Å². The summed E-state index contributed by atoms with van der Waals surface area (Å²) in [7, 11) is 0. The fraction of sp³-hybridized carbons (Fsp3) is 0.500. The summed E-state index contributed by atoms with van der Waals surface area (Å²) in [6.45, 7) is 0. The van der Waals surface area contributed by atoms with E-state index in [0.29, 0.717) is 23.8 Å². The Morgan fingerprint density at radius 3 is 2.48 bits per heavy atom. The Labute approximate surface area is 123 Å². The third-order valence-corrected chi connectivity index (χ3v) is 4.75. The van der Waals surface area contributed by atoms with Gasteiger partial charge in [-0.05, 0) is 61.3 Å². The molecule has 0 spiro atoms. The zero-order valence-corrected chi connectivity index (χ0v) is 11.8. The Hall–Kier alpha value is -1.91. The maximum absolute atomic E-state index is 12.8. The lowest BCUT2D eigenvalue weighted by molar-refractivity contribution is -0.123. The lowest BCUT2D eigenvalue weighted by Gasteiger charge is -2.20. The Bertz CT molecular complexity index is 544. The zero-order chi connectivity index (χ0) is 14.8. The fourth-order valence-electron chi connectivity index (χ4n) is 3.72. The Balaban J connectivity index is 1.45.